The highest BCUT2D eigenvalue weighted by atomic mass is 16.7. The monoisotopic (exact) mass is 485 g/mol. The van der Waals surface area contributed by atoms with Crippen LogP contribution in [-0.4, -0.2) is 18.5 Å². The lowest BCUT2D eigenvalue weighted by Crippen LogP contribution is -2.34. The number of fused-ring (bicyclic) bond motifs is 1. The van der Waals surface area contributed by atoms with Gasteiger partial charge in [-0.3, -0.25) is 9.59 Å². The van der Waals surface area contributed by atoms with Crippen molar-refractivity contribution in [3.8, 4) is 22.6 Å². The third-order valence-electron chi connectivity index (χ3n) is 7.27. The van der Waals surface area contributed by atoms with Crippen molar-refractivity contribution in [2.75, 3.05) is 6.79 Å². The van der Waals surface area contributed by atoms with Crippen molar-refractivity contribution >= 4 is 11.7 Å². The molecule has 1 aliphatic carbocycles. The van der Waals surface area contributed by atoms with Gasteiger partial charge in [-0.2, -0.15) is 0 Å². The van der Waals surface area contributed by atoms with E-state index in [4.69, 9.17) is 9.47 Å². The second-order valence-corrected chi connectivity index (χ2v) is 11.0. The highest BCUT2D eigenvalue weighted by Gasteiger charge is 2.50. The number of Topliss-reactive ketones (excluding diaryl/α,β-unsaturated/α-hetero) is 1. The van der Waals surface area contributed by atoms with Crippen LogP contribution in [-0.2, 0) is 28.0 Å². The summed E-state index contributed by atoms with van der Waals surface area (Å²) in [5, 5.41) is 3.00. The Morgan fingerprint density at radius 2 is 1.61 bits per heavy atom. The van der Waals surface area contributed by atoms with Gasteiger partial charge in [0.05, 0.1) is 5.41 Å². The number of benzene rings is 3. The first kappa shape index (κ1) is 24.1. The molecule has 0 radical (unpaired) electrons. The smallest absolute Gasteiger partial charge is 0.231 e. The van der Waals surface area contributed by atoms with Crippen LogP contribution in [0.25, 0.3) is 11.1 Å². The fourth-order valence-corrected chi connectivity index (χ4v) is 4.74. The molecule has 3 aromatic rings. The van der Waals surface area contributed by atoms with Crippen LogP contribution in [0.2, 0.25) is 0 Å². The highest BCUT2D eigenvalue weighted by Crippen LogP contribution is 2.51. The van der Waals surface area contributed by atoms with Crippen molar-refractivity contribution in [2.45, 2.75) is 58.9 Å². The van der Waals surface area contributed by atoms with Gasteiger partial charge >= 0.3 is 0 Å². The first-order valence-electron chi connectivity index (χ1n) is 12.6. The molecule has 3 aromatic carbocycles. The van der Waals surface area contributed by atoms with Gasteiger partial charge in [-0.05, 0) is 65.3 Å². The molecule has 0 saturated heterocycles. The summed E-state index contributed by atoms with van der Waals surface area (Å²) >= 11 is 0. The molecule has 5 heteroatoms. The van der Waals surface area contributed by atoms with E-state index in [0.29, 0.717) is 13.0 Å². The molecule has 0 unspecified atom stereocenters. The van der Waals surface area contributed by atoms with Crippen molar-refractivity contribution in [2.24, 2.45) is 5.41 Å². The van der Waals surface area contributed by atoms with E-state index in [1.807, 2.05) is 51.1 Å². The molecule has 1 aliphatic heterocycles. The molecular weight excluding hydrogens is 450 g/mol. The molecule has 188 valence electrons. The normalized spacial score (nSPS) is 15.4. The molecule has 5 rings (SSSR count). The van der Waals surface area contributed by atoms with Gasteiger partial charge in [0.2, 0.25) is 12.7 Å². The van der Waals surface area contributed by atoms with Crippen molar-refractivity contribution in [3.05, 3.63) is 82.9 Å². The van der Waals surface area contributed by atoms with E-state index in [2.05, 4.69) is 42.6 Å². The molecule has 0 bridgehead atoms. The zero-order chi connectivity index (χ0) is 25.5. The minimum Gasteiger partial charge on any atom is -0.454 e. The van der Waals surface area contributed by atoms with E-state index in [0.717, 1.165) is 57.7 Å². The third-order valence-corrected chi connectivity index (χ3v) is 7.27. The number of ether oxygens (including phenoxy) is 2. The SMILES string of the molecule is Cc1ccc(CC(=O)C2(c3ccc4c(c3)OCO4)CC2)cc1-c1ccc(CNC(=O)C(C)(C)C)cc1.[HH]. The summed E-state index contributed by atoms with van der Waals surface area (Å²) in [7, 11) is 0. The van der Waals surface area contributed by atoms with E-state index < -0.39 is 10.8 Å². The summed E-state index contributed by atoms with van der Waals surface area (Å²) in [4.78, 5) is 25.6. The topological polar surface area (TPSA) is 64.6 Å². The van der Waals surface area contributed by atoms with Gasteiger partial charge in [-0.15, -0.1) is 0 Å². The van der Waals surface area contributed by atoms with Gasteiger partial charge in [0, 0.05) is 19.8 Å². The molecular formula is C31H35NO4. The average Bonchev–Trinajstić information content (AvgIpc) is 3.54. The molecule has 5 nitrogen and oxygen atoms in total. The van der Waals surface area contributed by atoms with Gasteiger partial charge in [-0.25, -0.2) is 0 Å². The Morgan fingerprint density at radius 1 is 0.917 bits per heavy atom. The van der Waals surface area contributed by atoms with Gasteiger partial charge in [0.1, 0.15) is 5.78 Å². The lowest BCUT2D eigenvalue weighted by Gasteiger charge is -2.18. The number of hydrogen-bond donors (Lipinski definition) is 1. The number of carbonyl (C=O) groups excluding carboxylic acids is 2. The maximum absolute atomic E-state index is 13.5. The minimum atomic E-state index is -0.412. The molecule has 1 saturated carbocycles. The molecule has 2 aliphatic rings. The zero-order valence-corrected chi connectivity index (χ0v) is 21.4. The quantitative estimate of drug-likeness (QED) is 0.436. The number of aryl methyl sites for hydroxylation is 1. The molecule has 1 N–H and O–H groups in total. The number of nitrogens with one attached hydrogen (secondary N) is 1. The van der Waals surface area contributed by atoms with Crippen LogP contribution in [0.5, 0.6) is 11.5 Å². The summed E-state index contributed by atoms with van der Waals surface area (Å²) in [6.45, 7) is 8.56. The van der Waals surface area contributed by atoms with Crippen molar-refractivity contribution in [3.63, 3.8) is 0 Å². The van der Waals surface area contributed by atoms with Crippen molar-refractivity contribution in [1.29, 1.82) is 0 Å². The van der Waals surface area contributed by atoms with Crippen LogP contribution >= 0.6 is 0 Å². The van der Waals surface area contributed by atoms with E-state index in [-0.39, 0.29) is 19.9 Å². The molecule has 0 spiro atoms. The summed E-state index contributed by atoms with van der Waals surface area (Å²) < 4.78 is 11.0. The average molecular weight is 486 g/mol. The van der Waals surface area contributed by atoms with Gasteiger partial charge in [0.25, 0.3) is 0 Å². The second-order valence-electron chi connectivity index (χ2n) is 11.0. The number of carbonyl (C=O) groups is 2. The fourth-order valence-electron chi connectivity index (χ4n) is 4.74. The first-order valence-corrected chi connectivity index (χ1v) is 12.6. The Hall–Kier alpha value is -3.60. The van der Waals surface area contributed by atoms with Crippen LogP contribution in [0.3, 0.4) is 0 Å². The van der Waals surface area contributed by atoms with E-state index in [1.54, 1.807) is 0 Å². The van der Waals surface area contributed by atoms with E-state index in [1.165, 1.54) is 0 Å². The van der Waals surface area contributed by atoms with Crippen molar-refractivity contribution in [1.82, 2.24) is 5.32 Å². The zero-order valence-electron chi connectivity index (χ0n) is 21.4. The number of rotatable bonds is 7. The van der Waals surface area contributed by atoms with Crippen LogP contribution < -0.4 is 14.8 Å². The van der Waals surface area contributed by atoms with Crippen LogP contribution in [0.1, 0.15) is 57.3 Å². The largest absolute Gasteiger partial charge is 0.454 e. The van der Waals surface area contributed by atoms with E-state index >= 15 is 0 Å². The van der Waals surface area contributed by atoms with Crippen molar-refractivity contribution < 1.29 is 20.5 Å². The molecule has 1 heterocycles. The third kappa shape index (κ3) is 4.75. The lowest BCUT2D eigenvalue weighted by atomic mass is 9.87. The minimum absolute atomic E-state index is 0. The van der Waals surface area contributed by atoms with Gasteiger partial charge in [-0.1, -0.05) is 69.3 Å². The molecule has 1 fully saturated rings. The number of ketones is 1. The molecule has 36 heavy (non-hydrogen) atoms. The lowest BCUT2D eigenvalue weighted by molar-refractivity contribution is -0.128. The van der Waals surface area contributed by atoms with Gasteiger partial charge in [0.15, 0.2) is 11.5 Å². The molecule has 0 aromatic heterocycles. The van der Waals surface area contributed by atoms with Crippen LogP contribution in [0.4, 0.5) is 0 Å². The predicted molar refractivity (Wildman–Crippen MR) is 142 cm³/mol. The summed E-state index contributed by atoms with van der Waals surface area (Å²) in [6, 6.07) is 20.4. The molecule has 1 amide bonds. The molecule has 0 atom stereocenters. The maximum Gasteiger partial charge on any atom is 0.231 e. The van der Waals surface area contributed by atoms with Crippen LogP contribution in [0, 0.1) is 12.3 Å². The van der Waals surface area contributed by atoms with E-state index in [9.17, 15) is 9.59 Å². The summed E-state index contributed by atoms with van der Waals surface area (Å²) in [5.41, 5.74) is 5.68. The Morgan fingerprint density at radius 3 is 2.31 bits per heavy atom. The Labute approximate surface area is 214 Å². The fraction of sp³-hybridized carbons (Fsp3) is 0.355. The Balaban J connectivity index is 0.00000320. The number of hydrogen-bond acceptors (Lipinski definition) is 4. The summed E-state index contributed by atoms with van der Waals surface area (Å²) in [5.74, 6) is 1.76. The number of amides is 1. The summed E-state index contributed by atoms with van der Waals surface area (Å²) in [6.07, 6.45) is 2.15. The highest BCUT2D eigenvalue weighted by molar-refractivity contribution is 5.95. The Kier molecular flexibility index (Phi) is 6.11. The standard InChI is InChI=1S/C31H33NO4.H2/c1-20-5-6-22(15-25(20)23-9-7-21(8-10-23)18-32-29(34)30(2,3)4)16-28(33)31(13-14-31)24-11-12-26-27(17-24)36-19-35-26;/h5-12,15,17H,13-14,16,18-19H2,1-4H3,(H,32,34);1H. The second kappa shape index (κ2) is 9.12. The maximum atomic E-state index is 13.5. The first-order chi connectivity index (χ1) is 17.2. The predicted octanol–water partition coefficient (Wildman–Crippen LogP) is 6.14. The Bertz CT molecular complexity index is 1320. The van der Waals surface area contributed by atoms with Gasteiger partial charge < -0.3 is 14.8 Å². The van der Waals surface area contributed by atoms with Crippen LogP contribution in [0.15, 0.2) is 60.7 Å².